The van der Waals surface area contributed by atoms with Crippen LogP contribution in [0.4, 0.5) is 0 Å². The van der Waals surface area contributed by atoms with Crippen molar-refractivity contribution in [2.75, 3.05) is 12.3 Å². The standard InChI is InChI=1S/C14H21N3O4S/c1-10(2)21-13-5-11(3-4-16-13)7-17-8-12(6-14(17)18)9-22(15,19)20/h3-5,10,12H,6-9H2,1-2H3,(H2,15,19,20). The number of ether oxygens (including phenoxy) is 1. The quantitative estimate of drug-likeness (QED) is 0.820. The highest BCUT2D eigenvalue weighted by Crippen LogP contribution is 2.22. The Hall–Kier alpha value is -1.67. The molecule has 1 saturated heterocycles. The molecule has 22 heavy (non-hydrogen) atoms. The molecule has 0 aliphatic carbocycles. The number of carbonyl (C=O) groups excluding carboxylic acids is 1. The minimum atomic E-state index is -3.56. The topological polar surface area (TPSA) is 103 Å². The van der Waals surface area contributed by atoms with Crippen LogP contribution in [0.2, 0.25) is 0 Å². The highest BCUT2D eigenvalue weighted by Gasteiger charge is 2.31. The summed E-state index contributed by atoms with van der Waals surface area (Å²) in [4.78, 5) is 17.7. The summed E-state index contributed by atoms with van der Waals surface area (Å²) in [5, 5.41) is 5.04. The van der Waals surface area contributed by atoms with Gasteiger partial charge in [-0.3, -0.25) is 4.79 Å². The van der Waals surface area contributed by atoms with Gasteiger partial charge in [0.25, 0.3) is 0 Å². The highest BCUT2D eigenvalue weighted by atomic mass is 32.2. The molecule has 1 fully saturated rings. The molecule has 1 unspecified atom stereocenters. The molecule has 8 heteroatoms. The fraction of sp³-hybridized carbons (Fsp3) is 0.571. The summed E-state index contributed by atoms with van der Waals surface area (Å²) in [7, 11) is -3.56. The number of nitrogens with two attached hydrogens (primary N) is 1. The van der Waals surface area contributed by atoms with Gasteiger partial charge < -0.3 is 9.64 Å². The first-order valence-corrected chi connectivity index (χ1v) is 8.84. The lowest BCUT2D eigenvalue weighted by Gasteiger charge is -2.17. The maximum atomic E-state index is 12.0. The first-order valence-electron chi connectivity index (χ1n) is 7.13. The average Bonchev–Trinajstić information content (AvgIpc) is 2.66. The molecule has 1 aliphatic rings. The van der Waals surface area contributed by atoms with Crippen molar-refractivity contribution < 1.29 is 17.9 Å². The molecule has 122 valence electrons. The van der Waals surface area contributed by atoms with Crippen molar-refractivity contribution in [1.29, 1.82) is 0 Å². The molecule has 1 atom stereocenters. The van der Waals surface area contributed by atoms with Gasteiger partial charge in [-0.05, 0) is 25.5 Å². The number of pyridine rings is 1. The fourth-order valence-electron chi connectivity index (χ4n) is 2.52. The number of amides is 1. The lowest BCUT2D eigenvalue weighted by Crippen LogP contribution is -2.27. The number of hydrogen-bond donors (Lipinski definition) is 1. The Bertz CT molecular complexity index is 645. The third-order valence-electron chi connectivity index (χ3n) is 3.29. The fourth-order valence-corrected chi connectivity index (χ4v) is 3.40. The van der Waals surface area contributed by atoms with Crippen LogP contribution in [0.25, 0.3) is 0 Å². The molecule has 1 aromatic rings. The molecule has 2 heterocycles. The summed E-state index contributed by atoms with van der Waals surface area (Å²) in [6, 6.07) is 3.60. The van der Waals surface area contributed by atoms with Crippen molar-refractivity contribution in [3.8, 4) is 5.88 Å². The van der Waals surface area contributed by atoms with Crippen LogP contribution in [0, 0.1) is 5.92 Å². The highest BCUT2D eigenvalue weighted by molar-refractivity contribution is 7.89. The number of aromatic nitrogens is 1. The normalized spacial score (nSPS) is 19.0. The molecule has 0 saturated carbocycles. The van der Waals surface area contributed by atoms with Crippen molar-refractivity contribution in [2.45, 2.75) is 32.9 Å². The lowest BCUT2D eigenvalue weighted by molar-refractivity contribution is -0.128. The van der Waals surface area contributed by atoms with Crippen LogP contribution in [-0.2, 0) is 21.4 Å². The number of hydrogen-bond acceptors (Lipinski definition) is 5. The Morgan fingerprint density at radius 2 is 2.23 bits per heavy atom. The molecule has 1 amide bonds. The van der Waals surface area contributed by atoms with E-state index in [1.165, 1.54) is 0 Å². The van der Waals surface area contributed by atoms with Crippen LogP contribution in [0.3, 0.4) is 0 Å². The third kappa shape index (κ3) is 4.96. The van der Waals surface area contributed by atoms with Crippen LogP contribution < -0.4 is 9.88 Å². The smallest absolute Gasteiger partial charge is 0.223 e. The van der Waals surface area contributed by atoms with Crippen LogP contribution in [0.15, 0.2) is 18.3 Å². The maximum absolute atomic E-state index is 12.0. The van der Waals surface area contributed by atoms with Crippen LogP contribution >= 0.6 is 0 Å². The monoisotopic (exact) mass is 327 g/mol. The van der Waals surface area contributed by atoms with E-state index in [2.05, 4.69) is 4.98 Å². The van der Waals surface area contributed by atoms with Crippen LogP contribution in [0.1, 0.15) is 25.8 Å². The largest absolute Gasteiger partial charge is 0.475 e. The van der Waals surface area contributed by atoms with E-state index < -0.39 is 10.0 Å². The van der Waals surface area contributed by atoms with Crippen molar-refractivity contribution in [3.05, 3.63) is 23.9 Å². The predicted octanol–water partition coefficient (Wildman–Crippen LogP) is 0.506. The van der Waals surface area contributed by atoms with Crippen molar-refractivity contribution in [1.82, 2.24) is 9.88 Å². The molecule has 0 bridgehead atoms. The molecule has 0 spiro atoms. The Morgan fingerprint density at radius 1 is 1.50 bits per heavy atom. The summed E-state index contributed by atoms with van der Waals surface area (Å²) in [6.07, 6.45) is 1.88. The minimum absolute atomic E-state index is 0.0234. The first kappa shape index (κ1) is 16.7. The first-order chi connectivity index (χ1) is 10.2. The predicted molar refractivity (Wildman–Crippen MR) is 81.5 cm³/mol. The van der Waals surface area contributed by atoms with E-state index in [9.17, 15) is 13.2 Å². The minimum Gasteiger partial charge on any atom is -0.475 e. The lowest BCUT2D eigenvalue weighted by atomic mass is 10.1. The summed E-state index contributed by atoms with van der Waals surface area (Å²) < 4.78 is 27.8. The summed E-state index contributed by atoms with van der Waals surface area (Å²) in [5.74, 6) is 0.0561. The van der Waals surface area contributed by atoms with E-state index in [4.69, 9.17) is 9.88 Å². The van der Waals surface area contributed by atoms with Gasteiger partial charge in [-0.15, -0.1) is 0 Å². The average molecular weight is 327 g/mol. The maximum Gasteiger partial charge on any atom is 0.223 e. The van der Waals surface area contributed by atoms with Gasteiger partial charge in [-0.2, -0.15) is 0 Å². The number of sulfonamides is 1. The van der Waals surface area contributed by atoms with E-state index in [1.54, 1.807) is 17.2 Å². The molecule has 7 nitrogen and oxygen atoms in total. The molecule has 1 aromatic heterocycles. The van der Waals surface area contributed by atoms with Gasteiger partial charge in [0, 0.05) is 37.7 Å². The van der Waals surface area contributed by atoms with Gasteiger partial charge >= 0.3 is 0 Å². The Kier molecular flexibility index (Phi) is 5.02. The third-order valence-corrected chi connectivity index (χ3v) is 4.23. The summed E-state index contributed by atoms with van der Waals surface area (Å²) in [6.45, 7) is 4.64. The summed E-state index contributed by atoms with van der Waals surface area (Å²) in [5.41, 5.74) is 0.898. The zero-order chi connectivity index (χ0) is 16.3. The van der Waals surface area contributed by atoms with Gasteiger partial charge in [0.1, 0.15) is 0 Å². The van der Waals surface area contributed by atoms with E-state index in [0.717, 1.165) is 5.56 Å². The number of carbonyl (C=O) groups is 1. The zero-order valence-electron chi connectivity index (χ0n) is 12.7. The second-order valence-electron chi connectivity index (χ2n) is 5.84. The molecule has 2 N–H and O–H groups in total. The Balaban J connectivity index is 2.00. The number of nitrogens with zero attached hydrogens (tertiary/aromatic N) is 2. The molecular weight excluding hydrogens is 306 g/mol. The SMILES string of the molecule is CC(C)Oc1cc(CN2CC(CS(N)(=O)=O)CC2=O)ccn1. The molecule has 1 aliphatic heterocycles. The van der Waals surface area contributed by atoms with E-state index in [0.29, 0.717) is 19.0 Å². The van der Waals surface area contributed by atoms with Gasteiger partial charge in [0.2, 0.25) is 21.8 Å². The summed E-state index contributed by atoms with van der Waals surface area (Å²) >= 11 is 0. The van der Waals surface area contributed by atoms with Gasteiger partial charge in [-0.1, -0.05) is 0 Å². The number of primary sulfonamides is 1. The zero-order valence-corrected chi connectivity index (χ0v) is 13.5. The van der Waals surface area contributed by atoms with E-state index in [1.807, 2.05) is 19.9 Å². The van der Waals surface area contributed by atoms with Crippen LogP contribution in [0.5, 0.6) is 5.88 Å². The second-order valence-corrected chi connectivity index (χ2v) is 7.50. The number of likely N-dealkylation sites (tertiary alicyclic amines) is 1. The second kappa shape index (κ2) is 6.62. The van der Waals surface area contributed by atoms with Crippen LogP contribution in [-0.4, -0.2) is 42.6 Å². The molecule has 0 radical (unpaired) electrons. The molecule has 0 aromatic carbocycles. The van der Waals surface area contributed by atoms with E-state index >= 15 is 0 Å². The Morgan fingerprint density at radius 3 is 2.86 bits per heavy atom. The number of rotatable bonds is 6. The van der Waals surface area contributed by atoms with Gasteiger partial charge in [-0.25, -0.2) is 18.5 Å². The van der Waals surface area contributed by atoms with Gasteiger partial charge in [0.05, 0.1) is 11.9 Å². The van der Waals surface area contributed by atoms with Crippen molar-refractivity contribution in [2.24, 2.45) is 11.1 Å². The Labute approximate surface area is 130 Å². The van der Waals surface area contributed by atoms with Crippen molar-refractivity contribution >= 4 is 15.9 Å². The molecular formula is C14H21N3O4S. The van der Waals surface area contributed by atoms with E-state index in [-0.39, 0.29) is 30.1 Å². The molecule has 2 rings (SSSR count). The van der Waals surface area contributed by atoms with Crippen molar-refractivity contribution in [3.63, 3.8) is 0 Å². The van der Waals surface area contributed by atoms with Gasteiger partial charge in [0.15, 0.2) is 0 Å².